The molecule has 0 fully saturated rings. The summed E-state index contributed by atoms with van der Waals surface area (Å²) in [5.41, 5.74) is 3.68. The number of alkyl carbamates (subject to hydrolysis) is 1. The highest BCUT2D eigenvalue weighted by Crippen LogP contribution is 2.23. The van der Waals surface area contributed by atoms with E-state index >= 15 is 0 Å². The van der Waals surface area contributed by atoms with Crippen LogP contribution in [0.2, 0.25) is 0 Å². The lowest BCUT2D eigenvalue weighted by molar-refractivity contribution is -0.142. The molecule has 2 aromatic carbocycles. The fourth-order valence-electron chi connectivity index (χ4n) is 4.54. The summed E-state index contributed by atoms with van der Waals surface area (Å²) in [6, 6.07) is 16.4. The van der Waals surface area contributed by atoms with Crippen molar-refractivity contribution in [3.63, 3.8) is 0 Å². The van der Waals surface area contributed by atoms with Crippen LogP contribution in [0.3, 0.4) is 0 Å². The van der Waals surface area contributed by atoms with E-state index in [9.17, 15) is 14.4 Å². The monoisotopic (exact) mass is 629 g/mol. The summed E-state index contributed by atoms with van der Waals surface area (Å²) in [4.78, 5) is 42.4. The fraction of sp³-hybridized carbons (Fsp3) is 0.417. The van der Waals surface area contributed by atoms with Gasteiger partial charge in [-0.2, -0.15) is 0 Å². The number of unbranched alkanes of at least 4 members (excludes halogenated alkanes) is 3. The molecule has 0 unspecified atom stereocenters. The average molecular weight is 630 g/mol. The van der Waals surface area contributed by atoms with Gasteiger partial charge < -0.3 is 20.1 Å². The molecule has 2 heterocycles. The predicted octanol–water partition coefficient (Wildman–Crippen LogP) is 7.67. The zero-order chi connectivity index (χ0) is 33.7. The molecule has 0 saturated heterocycles. The number of fused-ring (bicyclic) bond motifs is 1. The zero-order valence-corrected chi connectivity index (χ0v) is 28.1. The number of ether oxygens (including phenoxy) is 2. The van der Waals surface area contributed by atoms with Crippen molar-refractivity contribution in [1.82, 2.24) is 19.9 Å². The molecule has 2 aromatic heterocycles. The first-order chi connectivity index (χ1) is 21.9. The van der Waals surface area contributed by atoms with Gasteiger partial charge in [0.05, 0.1) is 18.5 Å². The highest BCUT2D eigenvalue weighted by Gasteiger charge is 2.19. The summed E-state index contributed by atoms with van der Waals surface area (Å²) in [7, 11) is 0. The van der Waals surface area contributed by atoms with Crippen LogP contribution in [-0.4, -0.2) is 44.8 Å². The number of nitrogens with zero attached hydrogens (tertiary/aromatic N) is 3. The van der Waals surface area contributed by atoms with Gasteiger partial charge in [-0.15, -0.1) is 5.10 Å². The molecule has 0 aliphatic heterocycles. The van der Waals surface area contributed by atoms with E-state index in [-0.39, 0.29) is 31.2 Å². The summed E-state index contributed by atoms with van der Waals surface area (Å²) in [6.45, 7) is 14.0. The van der Waals surface area contributed by atoms with E-state index in [0.717, 1.165) is 11.1 Å². The number of aromatic nitrogens is 3. The fourth-order valence-corrected chi connectivity index (χ4v) is 4.54. The van der Waals surface area contributed by atoms with Gasteiger partial charge in [-0.1, -0.05) is 69.9 Å². The van der Waals surface area contributed by atoms with Gasteiger partial charge in [-0.25, -0.2) is 14.3 Å². The molecule has 2 N–H and O–H groups in total. The van der Waals surface area contributed by atoms with E-state index in [4.69, 9.17) is 9.47 Å². The number of rotatable bonds is 11. The molecule has 2 amide bonds. The molecule has 10 nitrogen and oxygen atoms in total. The minimum atomic E-state index is -0.596. The summed E-state index contributed by atoms with van der Waals surface area (Å²) >= 11 is 0. The van der Waals surface area contributed by atoms with Crippen LogP contribution in [0.15, 0.2) is 60.8 Å². The van der Waals surface area contributed by atoms with E-state index in [1.54, 1.807) is 56.6 Å². The third-order valence-electron chi connectivity index (χ3n) is 6.74. The molecular weight excluding hydrogens is 582 g/mol. The number of esters is 1. The van der Waals surface area contributed by atoms with Crippen molar-refractivity contribution in [1.29, 1.82) is 0 Å². The molecule has 46 heavy (non-hydrogen) atoms. The van der Waals surface area contributed by atoms with Crippen molar-refractivity contribution >= 4 is 29.2 Å². The number of benzene rings is 2. The van der Waals surface area contributed by atoms with Crippen LogP contribution >= 0.6 is 0 Å². The SMILES string of the molecule is CCCCCC.CCOC(=O)Cc1ccc(C)cc1NC(=O)c1nc(-c2cccc(CNC(=O)OC(C)(C)C)c2)nn2cccc12. The molecule has 10 heteroatoms. The molecule has 0 aliphatic carbocycles. The Hall–Kier alpha value is -4.73. The van der Waals surface area contributed by atoms with E-state index in [0.29, 0.717) is 28.2 Å². The van der Waals surface area contributed by atoms with Crippen molar-refractivity contribution in [2.75, 3.05) is 11.9 Å². The third kappa shape index (κ3) is 11.0. The summed E-state index contributed by atoms with van der Waals surface area (Å²) in [5.74, 6) is -0.476. The molecule has 4 aromatic rings. The quantitative estimate of drug-likeness (QED) is 0.129. The Labute approximate surface area is 271 Å². The Morgan fingerprint density at radius 1 is 0.935 bits per heavy atom. The van der Waals surface area contributed by atoms with E-state index < -0.39 is 17.6 Å². The van der Waals surface area contributed by atoms with Crippen LogP contribution < -0.4 is 10.6 Å². The normalized spacial score (nSPS) is 10.9. The summed E-state index contributed by atoms with van der Waals surface area (Å²) < 4.78 is 12.0. The first kappa shape index (κ1) is 35.7. The van der Waals surface area contributed by atoms with Gasteiger partial charge in [0, 0.05) is 24.0 Å². The van der Waals surface area contributed by atoms with Crippen LogP contribution in [0, 0.1) is 6.92 Å². The molecular formula is C36H47N5O5. The Morgan fingerprint density at radius 2 is 1.67 bits per heavy atom. The van der Waals surface area contributed by atoms with Gasteiger partial charge >= 0.3 is 12.1 Å². The van der Waals surface area contributed by atoms with Crippen LogP contribution in [-0.2, 0) is 27.2 Å². The number of amides is 2. The van der Waals surface area contributed by atoms with Crippen molar-refractivity contribution in [2.24, 2.45) is 0 Å². The molecule has 246 valence electrons. The Morgan fingerprint density at radius 3 is 2.35 bits per heavy atom. The molecule has 0 aliphatic rings. The molecule has 0 saturated carbocycles. The molecule has 0 bridgehead atoms. The number of carbonyl (C=O) groups excluding carboxylic acids is 3. The van der Waals surface area contributed by atoms with Crippen LogP contribution in [0.25, 0.3) is 16.9 Å². The number of anilines is 1. The minimum absolute atomic E-state index is 0.0312. The van der Waals surface area contributed by atoms with Gasteiger partial charge in [0.1, 0.15) is 5.60 Å². The topological polar surface area (TPSA) is 124 Å². The van der Waals surface area contributed by atoms with Gasteiger partial charge in [0.15, 0.2) is 11.5 Å². The van der Waals surface area contributed by atoms with Crippen LogP contribution in [0.1, 0.15) is 94.4 Å². The largest absolute Gasteiger partial charge is 0.466 e. The zero-order valence-electron chi connectivity index (χ0n) is 28.1. The second-order valence-corrected chi connectivity index (χ2v) is 12.0. The lowest BCUT2D eigenvalue weighted by Crippen LogP contribution is -2.32. The summed E-state index contributed by atoms with van der Waals surface area (Å²) in [5, 5.41) is 10.3. The van der Waals surface area contributed by atoms with Crippen molar-refractivity contribution < 1.29 is 23.9 Å². The maximum absolute atomic E-state index is 13.6. The van der Waals surface area contributed by atoms with Gasteiger partial charge in [-0.05, 0) is 75.6 Å². The first-order valence-corrected chi connectivity index (χ1v) is 15.9. The number of hydrogen-bond acceptors (Lipinski definition) is 7. The number of nitrogens with one attached hydrogen (secondary N) is 2. The van der Waals surface area contributed by atoms with E-state index in [1.165, 1.54) is 25.7 Å². The highest BCUT2D eigenvalue weighted by molar-refractivity contribution is 6.08. The van der Waals surface area contributed by atoms with Crippen molar-refractivity contribution in [3.05, 3.63) is 83.2 Å². The van der Waals surface area contributed by atoms with Crippen LogP contribution in [0.5, 0.6) is 0 Å². The first-order valence-electron chi connectivity index (χ1n) is 15.9. The second kappa shape index (κ2) is 17.1. The van der Waals surface area contributed by atoms with Gasteiger partial charge in [0.2, 0.25) is 0 Å². The lowest BCUT2D eigenvalue weighted by Gasteiger charge is -2.19. The van der Waals surface area contributed by atoms with Crippen molar-refractivity contribution in [2.45, 2.75) is 92.7 Å². The Balaban J connectivity index is 0.000000875. The predicted molar refractivity (Wildman–Crippen MR) is 181 cm³/mol. The molecule has 4 rings (SSSR count). The van der Waals surface area contributed by atoms with Gasteiger partial charge in [0.25, 0.3) is 5.91 Å². The lowest BCUT2D eigenvalue weighted by atomic mass is 10.1. The minimum Gasteiger partial charge on any atom is -0.466 e. The van der Waals surface area contributed by atoms with Crippen LogP contribution in [0.4, 0.5) is 10.5 Å². The average Bonchev–Trinajstić information content (AvgIpc) is 3.48. The van der Waals surface area contributed by atoms with E-state index in [1.807, 2.05) is 43.3 Å². The van der Waals surface area contributed by atoms with Crippen molar-refractivity contribution in [3.8, 4) is 11.4 Å². The number of hydrogen-bond donors (Lipinski definition) is 2. The summed E-state index contributed by atoms with van der Waals surface area (Å²) in [6.07, 6.45) is 6.79. The third-order valence-corrected chi connectivity index (χ3v) is 6.74. The molecule has 0 radical (unpaired) electrons. The Bertz CT molecular complexity index is 1620. The highest BCUT2D eigenvalue weighted by atomic mass is 16.6. The van der Waals surface area contributed by atoms with E-state index in [2.05, 4.69) is 34.6 Å². The smallest absolute Gasteiger partial charge is 0.407 e. The number of aryl methyl sites for hydroxylation is 1. The standard InChI is InChI=1S/C30H33N5O5.C6H14/c1-6-39-25(36)17-21-13-12-19(2)15-23(21)32-28(37)26-24-11-8-14-35(24)34-27(33-26)22-10-7-9-20(16-22)18-31-29(38)40-30(3,4)5;1-3-5-6-4-2/h7-16H,6,17-18H2,1-5H3,(H,31,38)(H,32,37);3-6H2,1-2H3. The maximum atomic E-state index is 13.6. The Kier molecular flexibility index (Phi) is 13.3. The maximum Gasteiger partial charge on any atom is 0.407 e. The van der Waals surface area contributed by atoms with Gasteiger partial charge in [-0.3, -0.25) is 9.59 Å². The molecule has 0 atom stereocenters. The second-order valence-electron chi connectivity index (χ2n) is 12.0. The molecule has 0 spiro atoms. The number of carbonyl (C=O) groups is 3.